The zero-order valence-corrected chi connectivity index (χ0v) is 34.8. The summed E-state index contributed by atoms with van der Waals surface area (Å²) in [6, 6.07) is 22.6. The lowest BCUT2D eigenvalue weighted by Gasteiger charge is -2.28. The smallest absolute Gasteiger partial charge is 0.255 e. The lowest BCUT2D eigenvalue weighted by Crippen LogP contribution is -2.39. The summed E-state index contributed by atoms with van der Waals surface area (Å²) in [6.45, 7) is 8.07. The summed E-state index contributed by atoms with van der Waals surface area (Å²) >= 11 is 0. The Labute approximate surface area is 361 Å². The van der Waals surface area contributed by atoms with Crippen molar-refractivity contribution in [1.29, 1.82) is 0 Å². The van der Waals surface area contributed by atoms with Crippen LogP contribution in [0.1, 0.15) is 91.9 Å². The monoisotopic (exact) mass is 849 g/mol. The predicted octanol–water partition coefficient (Wildman–Crippen LogP) is 8.88. The summed E-state index contributed by atoms with van der Waals surface area (Å²) in [6.07, 6.45) is 4.20. The first kappa shape index (κ1) is 46.5. The first-order chi connectivity index (χ1) is 29.4. The summed E-state index contributed by atoms with van der Waals surface area (Å²) in [5.74, 6) is -1.59. The van der Waals surface area contributed by atoms with Crippen LogP contribution in [0, 0.1) is 23.6 Å². The molecule has 0 saturated heterocycles. The second kappa shape index (κ2) is 21.8. The van der Waals surface area contributed by atoms with Crippen molar-refractivity contribution in [3.8, 4) is 17.2 Å². The van der Waals surface area contributed by atoms with E-state index in [2.05, 4.69) is 26.3 Å². The van der Waals surface area contributed by atoms with E-state index in [4.69, 9.17) is 19.3 Å². The Balaban J connectivity index is 0.00000726. The van der Waals surface area contributed by atoms with Gasteiger partial charge < -0.3 is 40.6 Å². The highest BCUT2D eigenvalue weighted by atomic mass is 19.1. The molecule has 1 heterocycles. The Morgan fingerprint density at radius 2 is 1.24 bits per heavy atom. The number of fused-ring (bicyclic) bond motifs is 1. The van der Waals surface area contributed by atoms with E-state index < -0.39 is 17.6 Å². The van der Waals surface area contributed by atoms with Gasteiger partial charge in [0.25, 0.3) is 17.7 Å². The number of amides is 4. The fraction of sp³-hybridized carbons (Fsp3) is 0.354. The third kappa shape index (κ3) is 12.5. The molecule has 1 aromatic heterocycles. The number of anilines is 3. The average Bonchev–Trinajstić information content (AvgIpc) is 3.25. The van der Waals surface area contributed by atoms with Gasteiger partial charge in [0.1, 0.15) is 18.1 Å². The van der Waals surface area contributed by atoms with E-state index in [-0.39, 0.29) is 84.6 Å². The van der Waals surface area contributed by atoms with E-state index >= 15 is 0 Å². The molecule has 13 nitrogen and oxygen atoms in total. The van der Waals surface area contributed by atoms with Gasteiger partial charge in [0.2, 0.25) is 5.91 Å². The van der Waals surface area contributed by atoms with Crippen molar-refractivity contribution >= 4 is 51.6 Å². The van der Waals surface area contributed by atoms with Crippen molar-refractivity contribution < 1.29 is 42.9 Å². The Hall–Kier alpha value is -6.54. The maximum Gasteiger partial charge on any atom is 0.255 e. The van der Waals surface area contributed by atoms with Crippen LogP contribution >= 0.6 is 0 Å². The van der Waals surface area contributed by atoms with Crippen molar-refractivity contribution in [2.24, 2.45) is 17.8 Å². The van der Waals surface area contributed by atoms with E-state index in [0.717, 1.165) is 17.0 Å². The molecule has 1 fully saturated rings. The zero-order chi connectivity index (χ0) is 43.5. The minimum absolute atomic E-state index is 0. The van der Waals surface area contributed by atoms with Gasteiger partial charge >= 0.3 is 0 Å². The van der Waals surface area contributed by atoms with Gasteiger partial charge in [0.05, 0.1) is 48.6 Å². The topological polar surface area (TPSA) is 177 Å². The van der Waals surface area contributed by atoms with Gasteiger partial charge in [0.15, 0.2) is 11.6 Å². The van der Waals surface area contributed by atoms with Crippen LogP contribution in [0.4, 0.5) is 21.5 Å². The summed E-state index contributed by atoms with van der Waals surface area (Å²) < 4.78 is 31.5. The molecule has 1 aliphatic carbocycles. The highest BCUT2D eigenvalue weighted by Crippen LogP contribution is 2.32. The van der Waals surface area contributed by atoms with E-state index in [1.54, 1.807) is 30.5 Å². The first-order valence-electron chi connectivity index (χ1n) is 20.5. The molecule has 1 saturated carbocycles. The average molecular weight is 850 g/mol. The van der Waals surface area contributed by atoms with Crippen molar-refractivity contribution in [2.45, 2.75) is 66.8 Å². The van der Waals surface area contributed by atoms with Crippen LogP contribution < -0.4 is 35.5 Å². The largest absolute Gasteiger partial charge is 0.491 e. The van der Waals surface area contributed by atoms with Gasteiger partial charge in [-0.25, -0.2) is 4.39 Å². The van der Waals surface area contributed by atoms with Crippen LogP contribution in [0.5, 0.6) is 17.2 Å². The normalized spacial score (nSPS) is 14.7. The number of hydrogen-bond acceptors (Lipinski definition) is 9. The molecule has 14 heteroatoms. The SMILES string of the molecule is C.CC(C)COc1cc(C(=O)Nc2ccc(C(=O)NC3CCC(C(=O)Nc4cnc5ccccc5c4)CC3)cc2OCC(C)C)ccc1NC(=O)c1ccc(F)c(OCCO)c1. The molecule has 5 N–H and O–H groups in total. The number of para-hydroxylation sites is 1. The number of ether oxygens (including phenoxy) is 3. The maximum absolute atomic E-state index is 14.2. The van der Waals surface area contributed by atoms with Crippen LogP contribution in [-0.2, 0) is 4.79 Å². The number of carbonyl (C=O) groups excluding carboxylic acids is 4. The molecule has 0 atom stereocenters. The van der Waals surface area contributed by atoms with Crippen LogP contribution in [0.25, 0.3) is 10.9 Å². The highest BCUT2D eigenvalue weighted by molar-refractivity contribution is 6.08. The van der Waals surface area contributed by atoms with Crippen molar-refractivity contribution in [3.63, 3.8) is 0 Å². The number of benzene rings is 4. The van der Waals surface area contributed by atoms with E-state index in [1.807, 2.05) is 58.0 Å². The molecule has 4 aromatic carbocycles. The molecular weight excluding hydrogens is 794 g/mol. The number of carbonyl (C=O) groups is 4. The molecule has 1 aliphatic rings. The van der Waals surface area contributed by atoms with Gasteiger partial charge in [-0.1, -0.05) is 53.3 Å². The minimum Gasteiger partial charge on any atom is -0.491 e. The minimum atomic E-state index is -0.675. The number of hydrogen-bond donors (Lipinski definition) is 5. The number of pyridine rings is 1. The van der Waals surface area contributed by atoms with E-state index in [9.17, 15) is 23.6 Å². The van der Waals surface area contributed by atoms with Crippen molar-refractivity contribution in [2.75, 3.05) is 42.4 Å². The lowest BCUT2D eigenvalue weighted by molar-refractivity contribution is -0.120. The third-order valence-electron chi connectivity index (χ3n) is 9.96. The van der Waals surface area contributed by atoms with Gasteiger partial charge in [-0.3, -0.25) is 24.2 Å². The Kier molecular flexibility index (Phi) is 16.4. The second-order valence-electron chi connectivity index (χ2n) is 15.9. The molecule has 0 bridgehead atoms. The van der Waals surface area contributed by atoms with Crippen LogP contribution in [0.3, 0.4) is 0 Å². The summed E-state index contributed by atoms with van der Waals surface area (Å²) in [5, 5.41) is 21.8. The van der Waals surface area contributed by atoms with Crippen LogP contribution in [0.15, 0.2) is 91.1 Å². The van der Waals surface area contributed by atoms with Crippen molar-refractivity contribution in [3.05, 3.63) is 114 Å². The van der Waals surface area contributed by atoms with E-state index in [0.29, 0.717) is 61.6 Å². The number of aliphatic hydroxyl groups excluding tert-OH is 1. The van der Waals surface area contributed by atoms with Gasteiger partial charge in [-0.05, 0) is 104 Å². The number of aromatic nitrogens is 1. The quantitative estimate of drug-likeness (QED) is 0.0612. The van der Waals surface area contributed by atoms with Crippen LogP contribution in [-0.4, -0.2) is 66.2 Å². The zero-order valence-electron chi connectivity index (χ0n) is 34.8. The molecule has 5 aromatic rings. The molecule has 0 aliphatic heterocycles. The number of nitrogens with one attached hydrogen (secondary N) is 4. The fourth-order valence-electron chi connectivity index (χ4n) is 6.74. The first-order valence-corrected chi connectivity index (χ1v) is 20.5. The van der Waals surface area contributed by atoms with Gasteiger partial charge in [-0.2, -0.15) is 0 Å². The van der Waals surface area contributed by atoms with E-state index in [1.165, 1.54) is 24.3 Å². The Bertz CT molecular complexity index is 2360. The maximum atomic E-state index is 14.2. The number of aliphatic hydroxyl groups is 1. The third-order valence-corrected chi connectivity index (χ3v) is 9.96. The molecule has 4 amide bonds. The summed E-state index contributed by atoms with van der Waals surface area (Å²) in [5.41, 5.74) is 2.85. The fourth-order valence-corrected chi connectivity index (χ4v) is 6.74. The van der Waals surface area contributed by atoms with Gasteiger partial charge in [-0.15, -0.1) is 0 Å². The number of nitrogens with zero attached hydrogens (tertiary/aromatic N) is 1. The summed E-state index contributed by atoms with van der Waals surface area (Å²) in [7, 11) is 0. The lowest BCUT2D eigenvalue weighted by atomic mass is 9.85. The van der Waals surface area contributed by atoms with Crippen molar-refractivity contribution in [1.82, 2.24) is 10.3 Å². The standard InChI is InChI=1S/C47H52FN5O8.CH4/c1-28(2)26-60-42-23-33(45(56)50-35-14-9-30(10-15-35)44(55)51-36-21-31-7-5-6-8-38(31)49-25-36)12-17-39(42)53-47(58)34-13-18-40(43(24-34)61-27-29(3)4)52-46(57)32-11-16-37(48)41(22-32)59-20-19-54;/h5-8,11-13,16-18,21-25,28-30,35,54H,9-10,14-15,19-20,26-27H2,1-4H3,(H,50,56)(H,51,55)(H,52,57)(H,53,58);1H4. The van der Waals surface area contributed by atoms with Crippen LogP contribution in [0.2, 0.25) is 0 Å². The molecule has 0 spiro atoms. The number of rotatable bonds is 17. The summed E-state index contributed by atoms with van der Waals surface area (Å²) in [4.78, 5) is 58.0. The molecular formula is C48H56FN5O8. The van der Waals surface area contributed by atoms with Gasteiger partial charge in [0, 0.05) is 34.0 Å². The number of halogens is 1. The molecule has 62 heavy (non-hydrogen) atoms. The molecule has 6 rings (SSSR count). The molecule has 0 radical (unpaired) electrons. The molecule has 0 unspecified atom stereocenters. The highest BCUT2D eigenvalue weighted by Gasteiger charge is 2.28. The Morgan fingerprint density at radius 1 is 0.694 bits per heavy atom. The predicted molar refractivity (Wildman–Crippen MR) is 239 cm³/mol. The second-order valence-corrected chi connectivity index (χ2v) is 15.9. The Morgan fingerprint density at radius 3 is 1.82 bits per heavy atom. The molecule has 328 valence electrons.